The van der Waals surface area contributed by atoms with Crippen LogP contribution in [0.5, 0.6) is 0 Å². The second kappa shape index (κ2) is 3.97. The van der Waals surface area contributed by atoms with Crippen molar-refractivity contribution in [2.75, 3.05) is 0 Å². The summed E-state index contributed by atoms with van der Waals surface area (Å²) >= 11 is 0. The van der Waals surface area contributed by atoms with Crippen molar-refractivity contribution < 1.29 is 4.74 Å². The van der Waals surface area contributed by atoms with Crippen molar-refractivity contribution in [3.8, 4) is 0 Å². The molecule has 2 nitrogen and oxygen atoms in total. The van der Waals surface area contributed by atoms with E-state index in [1.54, 1.807) is 0 Å². The maximum Gasteiger partial charge on any atom is 0.142 e. The van der Waals surface area contributed by atoms with E-state index < -0.39 is 0 Å². The number of fused-ring (bicyclic) bond motifs is 2. The molecule has 2 atom stereocenters. The van der Waals surface area contributed by atoms with Gasteiger partial charge < -0.3 is 4.74 Å². The van der Waals surface area contributed by atoms with Crippen LogP contribution < -0.4 is 0 Å². The maximum absolute atomic E-state index is 5.76. The molecule has 0 bridgehead atoms. The Morgan fingerprint density at radius 3 is 3.19 bits per heavy atom. The number of allylic oxidation sites excluding steroid dienone is 4. The summed E-state index contributed by atoms with van der Waals surface area (Å²) in [6, 6.07) is 0.109. The predicted octanol–water partition coefficient (Wildman–Crippen LogP) is 2.72. The van der Waals surface area contributed by atoms with E-state index in [-0.39, 0.29) is 12.1 Å². The van der Waals surface area contributed by atoms with E-state index in [4.69, 9.17) is 4.74 Å². The second-order valence-electron chi connectivity index (χ2n) is 4.01. The first-order chi connectivity index (χ1) is 7.93. The largest absolute Gasteiger partial charge is 0.489 e. The quantitative estimate of drug-likeness (QED) is 0.564. The zero-order valence-electron chi connectivity index (χ0n) is 8.91. The Hall–Kier alpha value is -1.83. The molecule has 1 heterocycles. The fraction of sp³-hybridized carbons (Fsp3) is 0.214. The third-order valence-electron chi connectivity index (χ3n) is 2.90. The van der Waals surface area contributed by atoms with Gasteiger partial charge in [0.15, 0.2) is 0 Å². The number of aliphatic imine (C=N–C) groups is 1. The molecule has 2 aliphatic carbocycles. The van der Waals surface area contributed by atoms with Gasteiger partial charge in [0.05, 0.1) is 12.3 Å². The first-order valence-electron chi connectivity index (χ1n) is 5.54. The lowest BCUT2D eigenvalue weighted by molar-refractivity contribution is 0.217. The lowest BCUT2D eigenvalue weighted by Gasteiger charge is -2.22. The molecule has 0 fully saturated rings. The summed E-state index contributed by atoms with van der Waals surface area (Å²) < 4.78 is 5.76. The summed E-state index contributed by atoms with van der Waals surface area (Å²) in [6.07, 6.45) is 19.3. The van der Waals surface area contributed by atoms with Crippen LogP contribution in [0.3, 0.4) is 0 Å². The number of rotatable bonds is 0. The number of hydrogen-bond acceptors (Lipinski definition) is 2. The fourth-order valence-electron chi connectivity index (χ4n) is 1.99. The maximum atomic E-state index is 5.76. The van der Waals surface area contributed by atoms with Gasteiger partial charge in [-0.2, -0.15) is 0 Å². The van der Waals surface area contributed by atoms with Crippen LogP contribution >= 0.6 is 0 Å². The summed E-state index contributed by atoms with van der Waals surface area (Å²) in [4.78, 5) is 4.58. The molecule has 0 aromatic heterocycles. The van der Waals surface area contributed by atoms with Crippen LogP contribution in [0.15, 0.2) is 64.9 Å². The van der Waals surface area contributed by atoms with Gasteiger partial charge in [-0.3, -0.25) is 4.99 Å². The van der Waals surface area contributed by atoms with Crippen molar-refractivity contribution >= 4 is 6.21 Å². The summed E-state index contributed by atoms with van der Waals surface area (Å²) in [5.41, 5.74) is 2.26. The van der Waals surface area contributed by atoms with E-state index in [0.29, 0.717) is 0 Å². The SMILES string of the molecule is C1=CC2=COC3C=CCC=C3C=NC2C=C1. The molecule has 0 aromatic carbocycles. The van der Waals surface area contributed by atoms with Crippen molar-refractivity contribution in [2.45, 2.75) is 18.6 Å². The molecule has 2 heteroatoms. The molecule has 16 heavy (non-hydrogen) atoms. The third kappa shape index (κ3) is 1.67. The Bertz CT molecular complexity index is 463. The van der Waals surface area contributed by atoms with Crippen LogP contribution in [0.2, 0.25) is 0 Å². The normalized spacial score (nSPS) is 30.5. The molecule has 3 rings (SSSR count). The highest BCUT2D eigenvalue weighted by molar-refractivity contribution is 5.81. The zero-order valence-corrected chi connectivity index (χ0v) is 8.91. The van der Waals surface area contributed by atoms with E-state index in [2.05, 4.69) is 29.3 Å². The molecule has 0 saturated heterocycles. The summed E-state index contributed by atoms with van der Waals surface area (Å²) in [5.74, 6) is 0. The van der Waals surface area contributed by atoms with Crippen molar-refractivity contribution in [3.63, 3.8) is 0 Å². The topological polar surface area (TPSA) is 21.6 Å². The van der Waals surface area contributed by atoms with Crippen LogP contribution in [-0.2, 0) is 4.74 Å². The minimum absolute atomic E-state index is 0.0326. The third-order valence-corrected chi connectivity index (χ3v) is 2.90. The standard InChI is InChI=1S/C14H13NO/c1-3-7-13-12(6-1)10-16-14-8-4-2-5-11(14)9-15-13/h1,3-10,13-14H,2H2. The van der Waals surface area contributed by atoms with E-state index in [1.165, 1.54) is 0 Å². The van der Waals surface area contributed by atoms with Gasteiger partial charge in [-0.25, -0.2) is 0 Å². The fourth-order valence-corrected chi connectivity index (χ4v) is 1.99. The van der Waals surface area contributed by atoms with Crippen LogP contribution in [-0.4, -0.2) is 18.4 Å². The highest BCUT2D eigenvalue weighted by Crippen LogP contribution is 2.22. The van der Waals surface area contributed by atoms with Crippen LogP contribution in [0.1, 0.15) is 6.42 Å². The van der Waals surface area contributed by atoms with Crippen LogP contribution in [0.4, 0.5) is 0 Å². The summed E-state index contributed by atoms with van der Waals surface area (Å²) in [6.45, 7) is 0. The molecule has 0 spiro atoms. The molecule has 0 radical (unpaired) electrons. The Labute approximate surface area is 95.0 Å². The minimum atomic E-state index is 0.0326. The smallest absolute Gasteiger partial charge is 0.142 e. The Balaban J connectivity index is 1.94. The summed E-state index contributed by atoms with van der Waals surface area (Å²) in [5, 5.41) is 0. The van der Waals surface area contributed by atoms with Crippen LogP contribution in [0.25, 0.3) is 0 Å². The molecule has 2 unspecified atom stereocenters. The lowest BCUT2D eigenvalue weighted by atomic mass is 10.0. The Morgan fingerprint density at radius 1 is 1.19 bits per heavy atom. The highest BCUT2D eigenvalue weighted by Gasteiger charge is 2.17. The minimum Gasteiger partial charge on any atom is -0.489 e. The van der Waals surface area contributed by atoms with E-state index in [1.807, 2.05) is 30.7 Å². The van der Waals surface area contributed by atoms with Gasteiger partial charge in [0.2, 0.25) is 0 Å². The molecule has 1 aliphatic heterocycles. The van der Waals surface area contributed by atoms with Crippen molar-refractivity contribution in [1.82, 2.24) is 0 Å². The van der Waals surface area contributed by atoms with Gasteiger partial charge in [0.1, 0.15) is 6.10 Å². The van der Waals surface area contributed by atoms with Gasteiger partial charge >= 0.3 is 0 Å². The number of hydrogen-bond donors (Lipinski definition) is 0. The summed E-state index contributed by atoms with van der Waals surface area (Å²) in [7, 11) is 0. The molecule has 0 N–H and O–H groups in total. The molecule has 0 aromatic rings. The van der Waals surface area contributed by atoms with Gasteiger partial charge in [-0.1, -0.05) is 36.5 Å². The molecular weight excluding hydrogens is 198 g/mol. The van der Waals surface area contributed by atoms with Gasteiger partial charge in [-0.15, -0.1) is 0 Å². The monoisotopic (exact) mass is 211 g/mol. The molecule has 3 aliphatic rings. The first-order valence-corrected chi connectivity index (χ1v) is 5.54. The number of ether oxygens (including phenoxy) is 1. The first kappa shape index (κ1) is 9.40. The highest BCUT2D eigenvalue weighted by atomic mass is 16.5. The predicted molar refractivity (Wildman–Crippen MR) is 65.4 cm³/mol. The average molecular weight is 211 g/mol. The van der Waals surface area contributed by atoms with Gasteiger partial charge in [0.25, 0.3) is 0 Å². The van der Waals surface area contributed by atoms with Gasteiger partial charge in [0, 0.05) is 17.4 Å². The van der Waals surface area contributed by atoms with Crippen molar-refractivity contribution in [2.24, 2.45) is 4.99 Å². The van der Waals surface area contributed by atoms with Crippen molar-refractivity contribution in [1.29, 1.82) is 0 Å². The zero-order chi connectivity index (χ0) is 10.8. The Kier molecular flexibility index (Phi) is 2.33. The average Bonchev–Trinajstić information content (AvgIpc) is 2.32. The molecule has 80 valence electrons. The van der Waals surface area contributed by atoms with E-state index >= 15 is 0 Å². The van der Waals surface area contributed by atoms with E-state index in [0.717, 1.165) is 17.6 Å². The number of nitrogens with zero attached hydrogens (tertiary/aromatic N) is 1. The van der Waals surface area contributed by atoms with Crippen LogP contribution in [0, 0.1) is 0 Å². The molecule has 0 amide bonds. The van der Waals surface area contributed by atoms with Crippen molar-refractivity contribution in [3.05, 3.63) is 59.9 Å². The second-order valence-corrected chi connectivity index (χ2v) is 4.01. The van der Waals surface area contributed by atoms with Gasteiger partial charge in [-0.05, 0) is 12.5 Å². The molecule has 0 saturated carbocycles. The molecular formula is C14H13NO. The Morgan fingerprint density at radius 2 is 2.19 bits per heavy atom. The van der Waals surface area contributed by atoms with E-state index in [9.17, 15) is 0 Å². The lowest BCUT2D eigenvalue weighted by Crippen LogP contribution is -2.18.